The van der Waals surface area contributed by atoms with Gasteiger partial charge in [-0.1, -0.05) is 29.3 Å². The summed E-state index contributed by atoms with van der Waals surface area (Å²) in [6.45, 7) is 0.514. The number of H-pyrrole nitrogens is 1. The third-order valence-corrected chi connectivity index (χ3v) is 4.37. The number of aromatic amines is 1. The average molecular weight is 415 g/mol. The van der Waals surface area contributed by atoms with E-state index >= 15 is 0 Å². The monoisotopic (exact) mass is 413 g/mol. The van der Waals surface area contributed by atoms with Gasteiger partial charge in [0.25, 0.3) is 5.91 Å². The Hall–Kier alpha value is -1.83. The van der Waals surface area contributed by atoms with Gasteiger partial charge in [-0.15, -0.1) is 0 Å². The highest BCUT2D eigenvalue weighted by Crippen LogP contribution is 2.23. The SMILES string of the molecule is O=C(Nc1ccn(Cc2ccc(Cl)c(Cl)c2)n1)c1[nH]ncc1Br. The van der Waals surface area contributed by atoms with Crippen LogP contribution >= 0.6 is 39.1 Å². The average Bonchev–Trinajstić information content (AvgIpc) is 3.12. The fourth-order valence-electron chi connectivity index (χ4n) is 1.95. The van der Waals surface area contributed by atoms with E-state index in [2.05, 4.69) is 36.5 Å². The Kier molecular flexibility index (Phi) is 4.70. The highest BCUT2D eigenvalue weighted by atomic mass is 79.9. The first-order valence-electron chi connectivity index (χ1n) is 6.50. The fourth-order valence-corrected chi connectivity index (χ4v) is 2.64. The molecule has 2 N–H and O–H groups in total. The molecule has 2 heterocycles. The van der Waals surface area contributed by atoms with E-state index in [0.29, 0.717) is 32.6 Å². The van der Waals surface area contributed by atoms with Crippen LogP contribution in [0.3, 0.4) is 0 Å². The third-order valence-electron chi connectivity index (χ3n) is 3.03. The summed E-state index contributed by atoms with van der Waals surface area (Å²) in [5.74, 6) is 0.116. The number of carbonyl (C=O) groups is 1. The van der Waals surface area contributed by atoms with Gasteiger partial charge in [0.15, 0.2) is 5.82 Å². The first-order valence-corrected chi connectivity index (χ1v) is 8.05. The van der Waals surface area contributed by atoms with Gasteiger partial charge in [0, 0.05) is 12.3 Å². The quantitative estimate of drug-likeness (QED) is 0.677. The van der Waals surface area contributed by atoms with Crippen LogP contribution in [0.4, 0.5) is 5.82 Å². The standard InChI is InChI=1S/C14H10BrCl2N5O/c15-9-6-18-20-13(9)14(23)19-12-3-4-22(21-12)7-8-1-2-10(16)11(17)5-8/h1-6H,7H2,(H,18,20)(H,19,21,23). The molecule has 0 aliphatic carbocycles. The van der Waals surface area contributed by atoms with Crippen LogP contribution in [-0.4, -0.2) is 25.9 Å². The largest absolute Gasteiger partial charge is 0.304 e. The predicted octanol–water partition coefficient (Wildman–Crippen LogP) is 3.98. The van der Waals surface area contributed by atoms with Crippen molar-refractivity contribution < 1.29 is 4.79 Å². The van der Waals surface area contributed by atoms with Crippen molar-refractivity contribution in [1.82, 2.24) is 20.0 Å². The van der Waals surface area contributed by atoms with Crippen LogP contribution in [0.25, 0.3) is 0 Å². The molecule has 0 atom stereocenters. The first kappa shape index (κ1) is 16.0. The number of nitrogens with one attached hydrogen (secondary N) is 2. The summed E-state index contributed by atoms with van der Waals surface area (Å²) in [6.07, 6.45) is 3.28. The Morgan fingerprint density at radius 2 is 2.13 bits per heavy atom. The van der Waals surface area contributed by atoms with E-state index in [-0.39, 0.29) is 5.91 Å². The van der Waals surface area contributed by atoms with Crippen molar-refractivity contribution in [2.75, 3.05) is 5.32 Å². The molecule has 3 aromatic rings. The van der Waals surface area contributed by atoms with E-state index in [9.17, 15) is 4.79 Å². The van der Waals surface area contributed by atoms with E-state index in [4.69, 9.17) is 23.2 Å². The maximum atomic E-state index is 12.1. The molecule has 9 heteroatoms. The number of hydrogen-bond acceptors (Lipinski definition) is 3. The molecule has 0 saturated carbocycles. The number of amides is 1. The molecule has 0 aliphatic rings. The van der Waals surface area contributed by atoms with Crippen LogP contribution in [0.2, 0.25) is 10.0 Å². The second-order valence-electron chi connectivity index (χ2n) is 4.69. The zero-order chi connectivity index (χ0) is 16.4. The number of rotatable bonds is 4. The summed E-state index contributed by atoms with van der Waals surface area (Å²) in [4.78, 5) is 12.1. The minimum absolute atomic E-state index is 0.325. The maximum Gasteiger partial charge on any atom is 0.276 e. The molecule has 0 bridgehead atoms. The second-order valence-corrected chi connectivity index (χ2v) is 6.36. The van der Waals surface area contributed by atoms with Crippen LogP contribution in [0.1, 0.15) is 16.1 Å². The van der Waals surface area contributed by atoms with E-state index in [0.717, 1.165) is 5.56 Å². The summed E-state index contributed by atoms with van der Waals surface area (Å²) >= 11 is 15.1. The third kappa shape index (κ3) is 3.74. The van der Waals surface area contributed by atoms with Gasteiger partial charge in [0.2, 0.25) is 0 Å². The Bertz CT molecular complexity index is 860. The van der Waals surface area contributed by atoms with Gasteiger partial charge >= 0.3 is 0 Å². The van der Waals surface area contributed by atoms with Crippen LogP contribution in [0, 0.1) is 0 Å². The summed E-state index contributed by atoms with van der Waals surface area (Å²) in [7, 11) is 0. The molecular weight excluding hydrogens is 405 g/mol. The van der Waals surface area contributed by atoms with Crippen molar-refractivity contribution >= 4 is 50.9 Å². The zero-order valence-electron chi connectivity index (χ0n) is 11.6. The molecule has 0 saturated heterocycles. The lowest BCUT2D eigenvalue weighted by Crippen LogP contribution is -2.14. The molecule has 118 valence electrons. The van der Waals surface area contributed by atoms with E-state index in [1.807, 2.05) is 6.07 Å². The van der Waals surface area contributed by atoms with Crippen molar-refractivity contribution in [2.24, 2.45) is 0 Å². The summed E-state index contributed by atoms with van der Waals surface area (Å²) in [6, 6.07) is 7.10. The lowest BCUT2D eigenvalue weighted by Gasteiger charge is -2.04. The highest BCUT2D eigenvalue weighted by molar-refractivity contribution is 9.10. The van der Waals surface area contributed by atoms with E-state index < -0.39 is 0 Å². The lowest BCUT2D eigenvalue weighted by molar-refractivity contribution is 0.102. The molecular formula is C14H10BrCl2N5O. The number of nitrogens with zero attached hydrogens (tertiary/aromatic N) is 3. The zero-order valence-corrected chi connectivity index (χ0v) is 14.7. The van der Waals surface area contributed by atoms with Crippen LogP contribution in [0.5, 0.6) is 0 Å². The predicted molar refractivity (Wildman–Crippen MR) is 92.0 cm³/mol. The molecule has 2 aromatic heterocycles. The Morgan fingerprint density at radius 1 is 1.30 bits per heavy atom. The molecule has 6 nitrogen and oxygen atoms in total. The van der Waals surface area contributed by atoms with Gasteiger partial charge in [-0.05, 0) is 33.6 Å². The van der Waals surface area contributed by atoms with Crippen molar-refractivity contribution in [3.8, 4) is 0 Å². The molecule has 0 unspecified atom stereocenters. The van der Waals surface area contributed by atoms with Gasteiger partial charge in [0.05, 0.1) is 27.3 Å². The molecule has 1 amide bonds. The van der Waals surface area contributed by atoms with E-state index in [1.54, 1.807) is 29.1 Å². The topological polar surface area (TPSA) is 75.6 Å². The smallest absolute Gasteiger partial charge is 0.276 e. The van der Waals surface area contributed by atoms with E-state index in [1.165, 1.54) is 6.20 Å². The van der Waals surface area contributed by atoms with Crippen LogP contribution < -0.4 is 5.32 Å². The van der Waals surface area contributed by atoms with Gasteiger partial charge in [-0.2, -0.15) is 10.2 Å². The first-order chi connectivity index (χ1) is 11.0. The summed E-state index contributed by atoms with van der Waals surface area (Å²) in [5, 5.41) is 14.4. The van der Waals surface area contributed by atoms with Crippen LogP contribution in [-0.2, 0) is 6.54 Å². The summed E-state index contributed by atoms with van der Waals surface area (Å²) < 4.78 is 2.28. The molecule has 23 heavy (non-hydrogen) atoms. The number of benzene rings is 1. The van der Waals surface area contributed by atoms with Crippen molar-refractivity contribution in [3.63, 3.8) is 0 Å². The Balaban J connectivity index is 1.69. The second kappa shape index (κ2) is 6.74. The Labute approximate surface area is 149 Å². The highest BCUT2D eigenvalue weighted by Gasteiger charge is 2.13. The maximum absolute atomic E-state index is 12.1. The van der Waals surface area contributed by atoms with Crippen LogP contribution in [0.15, 0.2) is 41.1 Å². The molecule has 1 aromatic carbocycles. The number of hydrogen-bond donors (Lipinski definition) is 2. The minimum Gasteiger partial charge on any atom is -0.304 e. The number of anilines is 1. The van der Waals surface area contributed by atoms with Gasteiger partial charge < -0.3 is 5.32 Å². The van der Waals surface area contributed by atoms with Gasteiger partial charge in [-0.3, -0.25) is 14.6 Å². The molecule has 3 rings (SSSR count). The van der Waals surface area contributed by atoms with Gasteiger partial charge in [-0.25, -0.2) is 0 Å². The normalized spacial score (nSPS) is 10.7. The number of halogens is 3. The summed E-state index contributed by atoms with van der Waals surface area (Å²) in [5.41, 5.74) is 1.29. The number of carbonyl (C=O) groups excluding carboxylic acids is 1. The molecule has 0 fully saturated rings. The number of aromatic nitrogens is 4. The van der Waals surface area contributed by atoms with Gasteiger partial charge in [0.1, 0.15) is 5.69 Å². The lowest BCUT2D eigenvalue weighted by atomic mass is 10.2. The van der Waals surface area contributed by atoms with Crippen molar-refractivity contribution in [2.45, 2.75) is 6.54 Å². The molecule has 0 radical (unpaired) electrons. The Morgan fingerprint density at radius 3 is 2.83 bits per heavy atom. The molecule has 0 aliphatic heterocycles. The van der Waals surface area contributed by atoms with Crippen molar-refractivity contribution in [3.05, 3.63) is 62.4 Å². The van der Waals surface area contributed by atoms with Crippen molar-refractivity contribution in [1.29, 1.82) is 0 Å². The minimum atomic E-state index is -0.325. The fraction of sp³-hybridized carbons (Fsp3) is 0.0714. The molecule has 0 spiro atoms.